The second-order valence-corrected chi connectivity index (χ2v) is 2.82. The van der Waals surface area contributed by atoms with Gasteiger partial charge in [0.1, 0.15) is 0 Å². The van der Waals surface area contributed by atoms with Gasteiger partial charge in [-0.25, -0.2) is 4.79 Å². The maximum atomic E-state index is 11.0. The van der Waals surface area contributed by atoms with Gasteiger partial charge in [-0.2, -0.15) is 0 Å². The average molecular weight is 174 g/mol. The fourth-order valence-corrected chi connectivity index (χ4v) is 1.22. The Kier molecular flexibility index (Phi) is 3.49. The standard InChI is InChI=1S/C8H14O4/c1-2-12-8(10)7(9)6-3-4-11-5-6/h6-7,9H,2-5H2,1H3. The molecule has 2 unspecified atom stereocenters. The monoisotopic (exact) mass is 174 g/mol. The van der Waals surface area contributed by atoms with Gasteiger partial charge in [-0.05, 0) is 13.3 Å². The van der Waals surface area contributed by atoms with Crippen LogP contribution in [0, 0.1) is 5.92 Å². The maximum Gasteiger partial charge on any atom is 0.335 e. The first-order valence-corrected chi connectivity index (χ1v) is 4.18. The lowest BCUT2D eigenvalue weighted by Gasteiger charge is -2.13. The van der Waals surface area contributed by atoms with E-state index in [-0.39, 0.29) is 5.92 Å². The van der Waals surface area contributed by atoms with Crippen LogP contribution in [0.5, 0.6) is 0 Å². The van der Waals surface area contributed by atoms with Gasteiger partial charge in [-0.15, -0.1) is 0 Å². The lowest BCUT2D eigenvalue weighted by molar-refractivity contribution is -0.156. The van der Waals surface area contributed by atoms with E-state index in [1.54, 1.807) is 6.92 Å². The summed E-state index contributed by atoms with van der Waals surface area (Å²) in [6.45, 7) is 3.11. The molecule has 0 amide bonds. The van der Waals surface area contributed by atoms with Gasteiger partial charge in [-0.3, -0.25) is 0 Å². The molecule has 4 heteroatoms. The molecular weight excluding hydrogens is 160 g/mol. The van der Waals surface area contributed by atoms with Crippen LogP contribution in [-0.2, 0) is 14.3 Å². The maximum absolute atomic E-state index is 11.0. The Morgan fingerprint density at radius 2 is 2.58 bits per heavy atom. The molecule has 0 bridgehead atoms. The van der Waals surface area contributed by atoms with Crippen LogP contribution in [0.1, 0.15) is 13.3 Å². The van der Waals surface area contributed by atoms with E-state index in [1.807, 2.05) is 0 Å². The van der Waals surface area contributed by atoms with E-state index in [9.17, 15) is 9.90 Å². The molecule has 4 nitrogen and oxygen atoms in total. The Morgan fingerprint density at radius 3 is 3.08 bits per heavy atom. The van der Waals surface area contributed by atoms with E-state index in [0.29, 0.717) is 19.8 Å². The van der Waals surface area contributed by atoms with Gasteiger partial charge in [-0.1, -0.05) is 0 Å². The molecular formula is C8H14O4. The third-order valence-electron chi connectivity index (χ3n) is 1.94. The Hall–Kier alpha value is -0.610. The molecule has 1 aliphatic heterocycles. The highest BCUT2D eigenvalue weighted by Crippen LogP contribution is 2.17. The molecule has 1 fully saturated rings. The number of esters is 1. The summed E-state index contributed by atoms with van der Waals surface area (Å²) >= 11 is 0. The lowest BCUT2D eigenvalue weighted by atomic mass is 10.0. The second kappa shape index (κ2) is 4.42. The number of ether oxygens (including phenoxy) is 2. The Morgan fingerprint density at radius 1 is 1.83 bits per heavy atom. The summed E-state index contributed by atoms with van der Waals surface area (Å²) in [5.74, 6) is -0.614. The van der Waals surface area contributed by atoms with Crippen LogP contribution in [-0.4, -0.2) is 37.0 Å². The minimum atomic E-state index is -1.01. The largest absolute Gasteiger partial charge is 0.464 e. The molecule has 0 aromatic heterocycles. The van der Waals surface area contributed by atoms with Crippen LogP contribution in [0.25, 0.3) is 0 Å². The highest BCUT2D eigenvalue weighted by molar-refractivity contribution is 5.74. The molecule has 0 radical (unpaired) electrons. The predicted octanol–water partition coefficient (Wildman–Crippen LogP) is -0.0531. The van der Waals surface area contributed by atoms with E-state index < -0.39 is 12.1 Å². The topological polar surface area (TPSA) is 55.8 Å². The lowest BCUT2D eigenvalue weighted by Crippen LogP contribution is -2.31. The highest BCUT2D eigenvalue weighted by Gasteiger charge is 2.30. The van der Waals surface area contributed by atoms with Crippen molar-refractivity contribution >= 4 is 5.97 Å². The minimum absolute atomic E-state index is 0.0796. The van der Waals surface area contributed by atoms with Gasteiger partial charge < -0.3 is 14.6 Å². The number of aliphatic hydroxyl groups excluding tert-OH is 1. The van der Waals surface area contributed by atoms with Crippen molar-refractivity contribution in [2.24, 2.45) is 5.92 Å². The third kappa shape index (κ3) is 2.19. The number of carbonyl (C=O) groups is 1. The molecule has 1 saturated heterocycles. The quantitative estimate of drug-likeness (QED) is 0.609. The molecule has 70 valence electrons. The Bertz CT molecular complexity index is 151. The van der Waals surface area contributed by atoms with Crippen LogP contribution in [0.2, 0.25) is 0 Å². The minimum Gasteiger partial charge on any atom is -0.464 e. The van der Waals surface area contributed by atoms with Crippen LogP contribution in [0.3, 0.4) is 0 Å². The van der Waals surface area contributed by atoms with Crippen molar-refractivity contribution in [2.75, 3.05) is 19.8 Å². The number of aliphatic hydroxyl groups is 1. The molecule has 1 aliphatic rings. The number of rotatable bonds is 3. The van der Waals surface area contributed by atoms with Gasteiger partial charge in [0.15, 0.2) is 6.10 Å². The first-order chi connectivity index (χ1) is 5.75. The van der Waals surface area contributed by atoms with E-state index in [0.717, 1.165) is 6.42 Å². The summed E-state index contributed by atoms with van der Waals surface area (Å²) in [5, 5.41) is 9.39. The van der Waals surface area contributed by atoms with E-state index in [2.05, 4.69) is 4.74 Å². The van der Waals surface area contributed by atoms with Crippen molar-refractivity contribution in [1.82, 2.24) is 0 Å². The molecule has 0 aliphatic carbocycles. The first-order valence-electron chi connectivity index (χ1n) is 4.18. The number of carbonyl (C=O) groups excluding carboxylic acids is 1. The van der Waals surface area contributed by atoms with Crippen LogP contribution in [0.15, 0.2) is 0 Å². The molecule has 1 heterocycles. The number of hydrogen-bond acceptors (Lipinski definition) is 4. The normalized spacial score (nSPS) is 25.3. The van der Waals surface area contributed by atoms with E-state index >= 15 is 0 Å². The first kappa shape index (κ1) is 9.48. The predicted molar refractivity (Wildman–Crippen MR) is 41.6 cm³/mol. The summed E-state index contributed by atoms with van der Waals surface area (Å²) in [6.07, 6.45) is -0.271. The molecule has 12 heavy (non-hydrogen) atoms. The van der Waals surface area contributed by atoms with Crippen LogP contribution >= 0.6 is 0 Å². The van der Waals surface area contributed by atoms with Crippen LogP contribution in [0.4, 0.5) is 0 Å². The zero-order valence-corrected chi connectivity index (χ0v) is 7.16. The molecule has 0 spiro atoms. The van der Waals surface area contributed by atoms with Crippen molar-refractivity contribution in [1.29, 1.82) is 0 Å². The van der Waals surface area contributed by atoms with Gasteiger partial charge >= 0.3 is 5.97 Å². The van der Waals surface area contributed by atoms with Gasteiger partial charge in [0.25, 0.3) is 0 Å². The highest BCUT2D eigenvalue weighted by atomic mass is 16.5. The molecule has 0 aromatic rings. The number of hydrogen-bond donors (Lipinski definition) is 1. The molecule has 1 rings (SSSR count). The average Bonchev–Trinajstić information content (AvgIpc) is 2.55. The molecule has 0 saturated carbocycles. The Balaban J connectivity index is 2.34. The van der Waals surface area contributed by atoms with Crippen molar-refractivity contribution in [2.45, 2.75) is 19.4 Å². The van der Waals surface area contributed by atoms with Crippen molar-refractivity contribution in [3.63, 3.8) is 0 Å². The van der Waals surface area contributed by atoms with Crippen LogP contribution < -0.4 is 0 Å². The summed E-state index contributed by atoms with van der Waals surface area (Å²) in [5.41, 5.74) is 0. The SMILES string of the molecule is CCOC(=O)C(O)C1CCOC1. The van der Waals surface area contributed by atoms with Crippen molar-refractivity contribution in [3.8, 4) is 0 Å². The zero-order valence-electron chi connectivity index (χ0n) is 7.16. The van der Waals surface area contributed by atoms with E-state index in [4.69, 9.17) is 4.74 Å². The third-order valence-corrected chi connectivity index (χ3v) is 1.94. The van der Waals surface area contributed by atoms with Gasteiger partial charge in [0.2, 0.25) is 0 Å². The van der Waals surface area contributed by atoms with Crippen molar-refractivity contribution < 1.29 is 19.4 Å². The second-order valence-electron chi connectivity index (χ2n) is 2.82. The molecule has 1 N–H and O–H groups in total. The summed E-state index contributed by atoms with van der Waals surface area (Å²) in [7, 11) is 0. The summed E-state index contributed by atoms with van der Waals surface area (Å²) in [6, 6.07) is 0. The molecule has 2 atom stereocenters. The zero-order chi connectivity index (χ0) is 8.97. The van der Waals surface area contributed by atoms with Gasteiger partial charge in [0.05, 0.1) is 13.2 Å². The van der Waals surface area contributed by atoms with Gasteiger partial charge in [0, 0.05) is 12.5 Å². The summed E-state index contributed by atoms with van der Waals surface area (Å²) in [4.78, 5) is 11.0. The summed E-state index contributed by atoms with van der Waals surface area (Å²) < 4.78 is 9.71. The van der Waals surface area contributed by atoms with Crippen molar-refractivity contribution in [3.05, 3.63) is 0 Å². The fraction of sp³-hybridized carbons (Fsp3) is 0.875. The van der Waals surface area contributed by atoms with E-state index in [1.165, 1.54) is 0 Å². The Labute approximate surface area is 71.5 Å². The molecule has 0 aromatic carbocycles. The fourth-order valence-electron chi connectivity index (χ4n) is 1.22. The smallest absolute Gasteiger partial charge is 0.335 e.